The zero-order valence-corrected chi connectivity index (χ0v) is 25.5. The maximum atomic E-state index is 11.2. The van der Waals surface area contributed by atoms with E-state index in [4.69, 9.17) is 22.9 Å². The van der Waals surface area contributed by atoms with E-state index < -0.39 is 0 Å². The monoisotopic (exact) mass is 682 g/mol. The Morgan fingerprint density at radius 2 is 1.79 bits per heavy atom. The largest absolute Gasteiger partial charge is 0.488 e. The van der Waals surface area contributed by atoms with Crippen LogP contribution in [-0.2, 0) is 11.3 Å². The number of benzene rings is 1. The fourth-order valence-corrected chi connectivity index (χ4v) is 2.96. The van der Waals surface area contributed by atoms with Gasteiger partial charge < -0.3 is 32.3 Å². The van der Waals surface area contributed by atoms with Gasteiger partial charge in [-0.2, -0.15) is 0 Å². The summed E-state index contributed by atoms with van der Waals surface area (Å²) in [6.45, 7) is 20.9. The number of nitrogens with one attached hydrogen (secondary N) is 1. The van der Waals surface area contributed by atoms with Gasteiger partial charge in [-0.3, -0.25) is 4.79 Å². The Kier molecular flexibility index (Phi) is 17.7. The first-order chi connectivity index (χ1) is 15.2. The van der Waals surface area contributed by atoms with Gasteiger partial charge in [0.15, 0.2) is 0 Å². The molecule has 5 N–H and O–H groups in total. The van der Waals surface area contributed by atoms with E-state index in [-0.39, 0.29) is 48.4 Å². The average Bonchev–Trinajstić information content (AvgIpc) is 2.74. The summed E-state index contributed by atoms with van der Waals surface area (Å²) in [6, 6.07) is 7.86. The molecule has 33 heavy (non-hydrogen) atoms. The minimum Gasteiger partial charge on any atom is -0.488 e. The molecule has 0 fully saturated rings. The van der Waals surface area contributed by atoms with Crippen LogP contribution in [-0.4, -0.2) is 28.0 Å². The van der Waals surface area contributed by atoms with Gasteiger partial charge in [-0.05, 0) is 38.0 Å². The number of hydrogen-bond donors (Lipinski definition) is 3. The molecule has 1 aromatic carbocycles. The van der Waals surface area contributed by atoms with Crippen molar-refractivity contribution in [2.45, 2.75) is 73.5 Å². The normalized spacial score (nSPS) is 13.0. The Hall–Kier alpha value is -1.88. The van der Waals surface area contributed by atoms with Crippen LogP contribution in [0.25, 0.3) is 0 Å². The number of nitrogens with two attached hydrogens (primary N) is 2. The third-order valence-electron chi connectivity index (χ3n) is 4.19. The van der Waals surface area contributed by atoms with Gasteiger partial charge in [0.1, 0.15) is 11.4 Å². The molecule has 1 heterocycles. The second kappa shape index (κ2) is 17.6. The van der Waals surface area contributed by atoms with Gasteiger partial charge in [-0.1, -0.05) is 59.0 Å². The molecule has 7 nitrogen and oxygen atoms in total. The molecule has 8 heteroatoms. The summed E-state index contributed by atoms with van der Waals surface area (Å²) < 4.78 is 6.04. The summed E-state index contributed by atoms with van der Waals surface area (Å²) in [5.74, 6) is 6.86. The molecule has 1 amide bonds. The number of nitrogens with zero attached hydrogens (tertiary/aromatic N) is 2. The average molecular weight is 683 g/mol. The van der Waals surface area contributed by atoms with Crippen molar-refractivity contribution in [1.82, 2.24) is 15.2 Å². The van der Waals surface area contributed by atoms with Crippen molar-refractivity contribution in [2.75, 3.05) is 6.54 Å². The van der Waals surface area contributed by atoms with E-state index in [1.54, 1.807) is 17.3 Å². The Morgan fingerprint density at radius 3 is 2.30 bits per heavy atom. The second-order valence-electron chi connectivity index (χ2n) is 7.45. The van der Waals surface area contributed by atoms with Gasteiger partial charge >= 0.3 is 0 Å². The van der Waals surface area contributed by atoms with E-state index in [9.17, 15) is 4.79 Å². The third kappa shape index (κ3) is 13.4. The fourth-order valence-electron chi connectivity index (χ4n) is 2.96. The van der Waals surface area contributed by atoms with Crippen molar-refractivity contribution in [3.8, 4) is 5.75 Å². The van der Waals surface area contributed by atoms with Crippen LogP contribution in [0, 0.1) is 37.7 Å². The first-order valence-electron chi connectivity index (χ1n) is 11.3. The molecule has 0 saturated carbocycles. The van der Waals surface area contributed by atoms with Crippen LogP contribution in [0.5, 0.6) is 5.75 Å². The summed E-state index contributed by atoms with van der Waals surface area (Å²) >= 11 is 0. The summed E-state index contributed by atoms with van der Waals surface area (Å²) in [4.78, 5) is 12.8. The van der Waals surface area contributed by atoms with Crippen molar-refractivity contribution in [2.24, 2.45) is 11.6 Å². The van der Waals surface area contributed by atoms with E-state index in [1.165, 1.54) is 11.1 Å². The molecule has 0 aromatic heterocycles. The summed E-state index contributed by atoms with van der Waals surface area (Å²) in [6.07, 6.45) is 6.67. The molecule has 2 rings (SSSR count). The summed E-state index contributed by atoms with van der Waals surface area (Å²) in [5.41, 5.74) is 7.39. The molecule has 0 unspecified atom stereocenters. The van der Waals surface area contributed by atoms with Crippen LogP contribution in [0.1, 0.15) is 66.9 Å². The van der Waals surface area contributed by atoms with Gasteiger partial charge in [0.05, 0.1) is 13.1 Å². The number of ether oxygens (including phenoxy) is 1. The Balaban J connectivity index is 0. The quantitative estimate of drug-likeness (QED) is 0.203. The number of carbonyl (C=O) groups is 1. The van der Waals surface area contributed by atoms with Gasteiger partial charge in [0.2, 0.25) is 5.91 Å². The van der Waals surface area contributed by atoms with Crippen LogP contribution in [0.4, 0.5) is 0 Å². The molecule has 1 aliphatic heterocycles. The first-order valence-corrected chi connectivity index (χ1v) is 11.3. The molecule has 1 aliphatic rings. The topological polar surface area (TPSA) is 96.9 Å². The van der Waals surface area contributed by atoms with Crippen LogP contribution in [0.2, 0.25) is 0 Å². The van der Waals surface area contributed by atoms with E-state index >= 15 is 0 Å². The Morgan fingerprint density at radius 1 is 1.21 bits per heavy atom. The molecule has 0 bridgehead atoms. The van der Waals surface area contributed by atoms with Crippen LogP contribution >= 0.6 is 0 Å². The number of amides is 1. The van der Waals surface area contributed by atoms with Crippen LogP contribution in [0.15, 0.2) is 54.3 Å². The SMILES string of the molecule is CC.CC.[CH-]=C1NC(=O)C=CN1C/C(N)=C/N(N)Cc1ccc(OC(C)(C)CCC)cc1.[U]. The summed E-state index contributed by atoms with van der Waals surface area (Å²) in [7, 11) is 0. The molecular weight excluding hydrogens is 640 g/mol. The van der Waals surface area contributed by atoms with E-state index in [1.807, 2.05) is 52.0 Å². The minimum atomic E-state index is -0.262. The molecular formula is C25H42N5O2U-. The second-order valence-corrected chi connectivity index (χ2v) is 7.45. The van der Waals surface area contributed by atoms with Gasteiger partial charge in [0, 0.05) is 55.3 Å². The molecule has 0 atom stereocenters. The standard InChI is InChI=1S/C21H30N5O2.2C2H6.U/c1-5-11-21(3,4)28-19-8-6-17(7-9-19)13-26(23)15-18(22)14-25-12-10-20(27)24-16(25)2;2*1-2;/h2,6-10,12,15H,5,11,13-14,22-23H2,1,3-4H3,(H,24,27);2*1-2H3;/q-1;;;/b18-15-;;;. The predicted octanol–water partition coefficient (Wildman–Crippen LogP) is 4.39. The van der Waals surface area contributed by atoms with Gasteiger partial charge in [-0.25, -0.2) is 5.84 Å². The van der Waals surface area contributed by atoms with Gasteiger partial charge in [0.25, 0.3) is 0 Å². The molecule has 0 saturated heterocycles. The maximum Gasteiger partial charge on any atom is 0.248 e. The van der Waals surface area contributed by atoms with Crippen LogP contribution < -0.4 is 21.6 Å². The third-order valence-corrected chi connectivity index (χ3v) is 4.19. The molecule has 1 aromatic rings. The van der Waals surface area contributed by atoms with Crippen molar-refractivity contribution in [3.05, 3.63) is 66.4 Å². The molecule has 0 spiro atoms. The minimum absolute atomic E-state index is 0. The number of rotatable bonds is 9. The molecule has 0 radical (unpaired) electrons. The molecule has 184 valence electrons. The Bertz CT molecular complexity index is 761. The summed E-state index contributed by atoms with van der Waals surface area (Å²) in [5, 5.41) is 4.02. The number of carbonyl (C=O) groups excluding carboxylic acids is 1. The van der Waals surface area contributed by atoms with Crippen molar-refractivity contribution < 1.29 is 40.6 Å². The maximum absolute atomic E-state index is 11.2. The number of hydrazine groups is 1. The van der Waals surface area contributed by atoms with E-state index in [0.717, 1.165) is 24.2 Å². The zero-order valence-electron chi connectivity index (χ0n) is 21.3. The van der Waals surface area contributed by atoms with Crippen molar-refractivity contribution in [3.63, 3.8) is 0 Å². The smallest absolute Gasteiger partial charge is 0.248 e. The predicted molar refractivity (Wildman–Crippen MR) is 133 cm³/mol. The van der Waals surface area contributed by atoms with Crippen molar-refractivity contribution in [1.29, 1.82) is 0 Å². The first kappa shape index (κ1) is 33.3. The van der Waals surface area contributed by atoms with Gasteiger partial charge in [-0.15, -0.1) is 0 Å². The molecule has 0 aliphatic carbocycles. The fraction of sp³-hybridized carbons (Fsp3) is 0.480. The Labute approximate surface area is 224 Å². The van der Waals surface area contributed by atoms with Crippen molar-refractivity contribution >= 4 is 5.91 Å². The van der Waals surface area contributed by atoms with E-state index in [2.05, 4.69) is 26.1 Å². The number of hydrogen-bond acceptors (Lipinski definition) is 6. The van der Waals surface area contributed by atoms with E-state index in [0.29, 0.717) is 18.8 Å². The van der Waals surface area contributed by atoms with Crippen LogP contribution in [0.3, 0.4) is 0 Å². The zero-order chi connectivity index (χ0) is 24.7.